The van der Waals surface area contributed by atoms with E-state index in [9.17, 15) is 0 Å². The predicted molar refractivity (Wildman–Crippen MR) is 29.7 cm³/mol. The van der Waals surface area contributed by atoms with Crippen LogP contribution < -0.4 is 0 Å². The van der Waals surface area contributed by atoms with Crippen LogP contribution in [0.3, 0.4) is 0 Å². The second-order valence-electron chi connectivity index (χ2n) is 0.408. The minimum atomic E-state index is -5.17. The summed E-state index contributed by atoms with van der Waals surface area (Å²) in [6.45, 7) is 0. The first kappa shape index (κ1) is 58.9. The fraction of sp³-hybridized carbons (Fsp3) is 0. The summed E-state index contributed by atoms with van der Waals surface area (Å²) < 4.78 is 34.1. The van der Waals surface area contributed by atoms with E-state index in [2.05, 4.69) is 0 Å². The van der Waals surface area contributed by atoms with Gasteiger partial charge in [-0.3, -0.25) is 8.42 Å². The van der Waals surface area contributed by atoms with E-state index in [-0.39, 0.29) is 130 Å². The van der Waals surface area contributed by atoms with Gasteiger partial charge in [-0.25, -0.2) is 0 Å². The summed E-state index contributed by atoms with van der Waals surface area (Å²) in [7, 11) is -5.17. The van der Waals surface area contributed by atoms with Gasteiger partial charge in [0.25, 0.3) is 0 Å². The molecule has 0 radical (unpaired) electrons. The molecule has 0 spiro atoms. The number of hydrogen-bond acceptors (Lipinski definition) is 8. The van der Waals surface area contributed by atoms with Crippen LogP contribution in [0.5, 0.6) is 0 Å². The summed E-state index contributed by atoms with van der Waals surface area (Å²) in [5.41, 5.74) is 0. The Hall–Kier alpha value is 3.26. The molecule has 0 aliphatic carbocycles. The Labute approximate surface area is 155 Å². The van der Waals surface area contributed by atoms with Crippen LogP contribution >= 0.6 is 0 Å². The first-order chi connectivity index (χ1) is 2.00. The van der Waals surface area contributed by atoms with Crippen molar-refractivity contribution in [2.45, 2.75) is 0 Å². The van der Waals surface area contributed by atoms with Gasteiger partial charge >= 0.3 is 86.6 Å². The van der Waals surface area contributed by atoms with Gasteiger partial charge in [0.1, 0.15) is 0 Å². The molecule has 0 aromatic heterocycles. The molecule has 4 N–H and O–H groups in total. The molecule has 0 heterocycles. The molecular formula is H4BaCaO8STi-2. The Morgan fingerprint density at radius 1 is 0.833 bits per heavy atom. The molecule has 0 rings (SSSR count). The number of rotatable bonds is 0. The third-order valence-electron chi connectivity index (χ3n) is 0. The predicted octanol–water partition coefficient (Wildman–Crippen LogP) is -2.81. The van der Waals surface area contributed by atoms with Crippen LogP contribution in [0.4, 0.5) is 0 Å². The summed E-state index contributed by atoms with van der Waals surface area (Å²) in [5, 5.41) is 0. The molecule has 0 fully saturated rings. The summed E-state index contributed by atoms with van der Waals surface area (Å²) in [6.07, 6.45) is 0. The smallest absolute Gasteiger partial charge is 0.870 e. The number of hydrogen-bond donors (Lipinski definition) is 0. The van der Waals surface area contributed by atoms with Crippen molar-refractivity contribution < 1.29 is 61.1 Å². The summed E-state index contributed by atoms with van der Waals surface area (Å²) in [4.78, 5) is 0. The SMILES string of the molecule is O=S(=O)([O-])[O-].[Ba+2].[Ca+2].[OH-].[OH-].[OH-].[OH-].[Ti]. The van der Waals surface area contributed by atoms with E-state index in [1.807, 2.05) is 0 Å². The molecule has 0 unspecified atom stereocenters. The van der Waals surface area contributed by atoms with Crippen LogP contribution in [0.15, 0.2) is 0 Å². The zero-order valence-electron chi connectivity index (χ0n) is 5.74. The standard InChI is InChI=1S/Ba.Ca.H2O4S.4H2O.Ti/c;;1-5(2,3)4;;;;;/h;;(H2,1,2,3,4);4*1H2;/q2*+2;;;;;;/p-6. The monoisotopic (exact) mass is 390 g/mol. The molecule has 0 saturated heterocycles. The Morgan fingerprint density at radius 3 is 0.833 bits per heavy atom. The van der Waals surface area contributed by atoms with Crippen molar-refractivity contribution in [2.75, 3.05) is 0 Å². The Balaban J connectivity index is -0.00000000381. The maximum absolute atomic E-state index is 8.52. The summed E-state index contributed by atoms with van der Waals surface area (Å²) >= 11 is 0. The molecule has 0 aromatic carbocycles. The molecule has 0 aliphatic heterocycles. The maximum Gasteiger partial charge on any atom is 2.00 e. The molecule has 0 aromatic rings. The maximum atomic E-state index is 8.52. The third-order valence-corrected chi connectivity index (χ3v) is 0. The van der Waals surface area contributed by atoms with Crippen LogP contribution in [0.1, 0.15) is 0 Å². The Bertz CT molecular complexity index is 102. The average Bonchev–Trinajstić information content (AvgIpc) is 0.722. The van der Waals surface area contributed by atoms with Gasteiger partial charge in [-0.05, 0) is 0 Å². The van der Waals surface area contributed by atoms with Crippen molar-refractivity contribution in [2.24, 2.45) is 0 Å². The first-order valence-electron chi connectivity index (χ1n) is 0.667. The first-order valence-corrected chi connectivity index (χ1v) is 2.00. The van der Waals surface area contributed by atoms with Crippen LogP contribution in [0.2, 0.25) is 0 Å². The zero-order chi connectivity index (χ0) is 4.50. The van der Waals surface area contributed by atoms with E-state index >= 15 is 0 Å². The molecule has 0 atom stereocenters. The van der Waals surface area contributed by atoms with Crippen molar-refractivity contribution in [3.05, 3.63) is 0 Å². The van der Waals surface area contributed by atoms with Gasteiger partial charge in [-0.1, -0.05) is 0 Å². The van der Waals surface area contributed by atoms with E-state index in [4.69, 9.17) is 17.5 Å². The van der Waals surface area contributed by atoms with E-state index in [1.54, 1.807) is 0 Å². The molecule has 0 bridgehead atoms. The van der Waals surface area contributed by atoms with E-state index in [0.717, 1.165) is 0 Å². The molecule has 8 nitrogen and oxygen atoms in total. The topological polar surface area (TPSA) is 200 Å². The minimum absolute atomic E-state index is 0. The van der Waals surface area contributed by atoms with Crippen molar-refractivity contribution in [3.8, 4) is 0 Å². The minimum Gasteiger partial charge on any atom is -0.870 e. The second kappa shape index (κ2) is 29.2. The molecule has 12 heavy (non-hydrogen) atoms. The van der Waals surface area contributed by atoms with E-state index in [1.165, 1.54) is 0 Å². The van der Waals surface area contributed by atoms with Crippen LogP contribution in [0, 0.1) is 0 Å². The van der Waals surface area contributed by atoms with E-state index in [0.29, 0.717) is 0 Å². The van der Waals surface area contributed by atoms with Crippen molar-refractivity contribution in [1.29, 1.82) is 0 Å². The van der Waals surface area contributed by atoms with Gasteiger partial charge in [0.05, 0.1) is 0 Å². The molecule has 0 aliphatic rings. The van der Waals surface area contributed by atoms with Gasteiger partial charge in [0.2, 0.25) is 0 Å². The molecular weight excluding hydrogens is 385 g/mol. The van der Waals surface area contributed by atoms with Crippen molar-refractivity contribution in [1.82, 2.24) is 0 Å². The summed E-state index contributed by atoms with van der Waals surface area (Å²) in [5.74, 6) is 0. The normalized spacial score (nSPS) is 4.83. The Morgan fingerprint density at radius 2 is 0.833 bits per heavy atom. The van der Waals surface area contributed by atoms with Crippen molar-refractivity contribution in [3.63, 3.8) is 0 Å². The average molecular weight is 389 g/mol. The fourth-order valence-electron chi connectivity index (χ4n) is 0. The summed E-state index contributed by atoms with van der Waals surface area (Å²) in [6, 6.07) is 0. The van der Waals surface area contributed by atoms with Crippen LogP contribution in [-0.2, 0) is 32.1 Å². The molecule has 0 amide bonds. The third kappa shape index (κ3) is 188. The molecule has 0 saturated carbocycles. The van der Waals surface area contributed by atoms with Gasteiger partial charge in [0, 0.05) is 32.1 Å². The second-order valence-corrected chi connectivity index (χ2v) is 1.22. The van der Waals surface area contributed by atoms with E-state index < -0.39 is 10.4 Å². The molecule has 12 heteroatoms. The fourth-order valence-corrected chi connectivity index (χ4v) is 0. The van der Waals surface area contributed by atoms with Gasteiger partial charge in [0.15, 0.2) is 0 Å². The van der Waals surface area contributed by atoms with Gasteiger partial charge in [-0.2, -0.15) is 0 Å². The van der Waals surface area contributed by atoms with Crippen LogP contribution in [-0.4, -0.2) is 126 Å². The quantitative estimate of drug-likeness (QED) is 0.240. The largest absolute Gasteiger partial charge is 2.00 e. The van der Waals surface area contributed by atoms with Gasteiger partial charge in [-0.15, -0.1) is 0 Å². The zero-order valence-corrected chi connectivity index (χ0v) is 14.8. The molecule has 68 valence electrons. The van der Waals surface area contributed by atoms with Gasteiger partial charge < -0.3 is 31.0 Å². The Kier molecular flexibility index (Phi) is 143. The van der Waals surface area contributed by atoms with Crippen LogP contribution in [0.25, 0.3) is 0 Å². The van der Waals surface area contributed by atoms with Crippen molar-refractivity contribution >= 4 is 97.0 Å².